The molecule has 0 aromatic rings. The Morgan fingerprint density at radius 3 is 2.24 bits per heavy atom. The van der Waals surface area contributed by atoms with Crippen molar-refractivity contribution in [3.63, 3.8) is 0 Å². The van der Waals surface area contributed by atoms with Crippen molar-refractivity contribution in [3.8, 4) is 0 Å². The summed E-state index contributed by atoms with van der Waals surface area (Å²) < 4.78 is 72.9. The Balaban J connectivity index is 2.30. The number of piperidine rings is 1. The van der Waals surface area contributed by atoms with Gasteiger partial charge in [0, 0.05) is 12.5 Å². The molecule has 2 atom stereocenters. The van der Waals surface area contributed by atoms with Crippen LogP contribution in [0.15, 0.2) is 0 Å². The van der Waals surface area contributed by atoms with Gasteiger partial charge in [-0.1, -0.05) is 0 Å². The van der Waals surface area contributed by atoms with Gasteiger partial charge in [0.15, 0.2) is 0 Å². The van der Waals surface area contributed by atoms with E-state index in [-0.39, 0.29) is 32.2 Å². The van der Waals surface area contributed by atoms with Gasteiger partial charge in [-0.3, -0.25) is 0 Å². The van der Waals surface area contributed by atoms with Gasteiger partial charge in [0.1, 0.15) is 0 Å². The number of nitrogens with one attached hydrogen (secondary N) is 1. The van der Waals surface area contributed by atoms with Crippen molar-refractivity contribution in [2.75, 3.05) is 6.54 Å². The normalized spacial score (nSPS) is 27.2. The zero-order valence-electron chi connectivity index (χ0n) is 9.17. The quantitative estimate of drug-likeness (QED) is 0.766. The fourth-order valence-electron chi connectivity index (χ4n) is 2.07. The van der Waals surface area contributed by atoms with Crippen LogP contribution in [0.1, 0.15) is 32.1 Å². The van der Waals surface area contributed by atoms with E-state index in [9.17, 15) is 26.3 Å². The number of hydrogen-bond acceptors (Lipinski definition) is 1. The van der Waals surface area contributed by atoms with E-state index < -0.39 is 30.7 Å². The standard InChI is InChI=1S/C10H15F6N/c11-9(12,13)4-1-2-8-6-7(3-5-17-8)10(14,15)16/h7-8,17H,1-6H2. The Bertz CT molecular complexity index is 234. The molecule has 2 unspecified atom stereocenters. The molecule has 1 heterocycles. The van der Waals surface area contributed by atoms with Crippen LogP contribution < -0.4 is 5.32 Å². The van der Waals surface area contributed by atoms with Crippen LogP contribution in [0.2, 0.25) is 0 Å². The van der Waals surface area contributed by atoms with E-state index in [1.54, 1.807) is 0 Å². The summed E-state index contributed by atoms with van der Waals surface area (Å²) >= 11 is 0. The van der Waals surface area contributed by atoms with Crippen LogP contribution in [-0.4, -0.2) is 24.9 Å². The minimum Gasteiger partial charge on any atom is -0.314 e. The smallest absolute Gasteiger partial charge is 0.314 e. The fraction of sp³-hybridized carbons (Fsp3) is 1.00. The predicted molar refractivity (Wildman–Crippen MR) is 50.5 cm³/mol. The minimum atomic E-state index is -4.23. The van der Waals surface area contributed by atoms with Gasteiger partial charge in [-0.15, -0.1) is 0 Å². The van der Waals surface area contributed by atoms with E-state index in [4.69, 9.17) is 0 Å². The minimum absolute atomic E-state index is 0.0132. The molecule has 1 aliphatic heterocycles. The molecule has 0 bridgehead atoms. The van der Waals surface area contributed by atoms with E-state index >= 15 is 0 Å². The van der Waals surface area contributed by atoms with Crippen LogP contribution in [0.5, 0.6) is 0 Å². The van der Waals surface area contributed by atoms with Gasteiger partial charge in [-0.25, -0.2) is 0 Å². The molecule has 0 aromatic heterocycles. The zero-order chi connectivity index (χ0) is 13.1. The van der Waals surface area contributed by atoms with E-state index in [2.05, 4.69) is 5.32 Å². The summed E-state index contributed by atoms with van der Waals surface area (Å²) in [7, 11) is 0. The highest BCUT2D eigenvalue weighted by atomic mass is 19.4. The van der Waals surface area contributed by atoms with Crippen LogP contribution in [0.4, 0.5) is 26.3 Å². The molecule has 1 saturated heterocycles. The van der Waals surface area contributed by atoms with Crippen molar-refractivity contribution >= 4 is 0 Å². The monoisotopic (exact) mass is 263 g/mol. The molecule has 0 amide bonds. The van der Waals surface area contributed by atoms with Gasteiger partial charge in [-0.2, -0.15) is 26.3 Å². The first-order valence-corrected chi connectivity index (χ1v) is 5.55. The Labute approximate surface area is 95.6 Å². The average molecular weight is 263 g/mol. The largest absolute Gasteiger partial charge is 0.391 e. The second-order valence-corrected chi connectivity index (χ2v) is 4.42. The van der Waals surface area contributed by atoms with Gasteiger partial charge in [0.2, 0.25) is 0 Å². The maximum atomic E-state index is 12.4. The molecule has 1 N–H and O–H groups in total. The van der Waals surface area contributed by atoms with Crippen LogP contribution in [0.3, 0.4) is 0 Å². The van der Waals surface area contributed by atoms with Crippen LogP contribution >= 0.6 is 0 Å². The Morgan fingerprint density at radius 1 is 1.06 bits per heavy atom. The molecule has 17 heavy (non-hydrogen) atoms. The molecule has 0 radical (unpaired) electrons. The third-order valence-corrected chi connectivity index (χ3v) is 2.97. The summed E-state index contributed by atoms with van der Waals surface area (Å²) in [5.41, 5.74) is 0. The van der Waals surface area contributed by atoms with Crippen molar-refractivity contribution in [2.24, 2.45) is 5.92 Å². The lowest BCUT2D eigenvalue weighted by atomic mass is 9.89. The molecular formula is C10H15F6N. The predicted octanol–water partition coefficient (Wildman–Crippen LogP) is 3.65. The van der Waals surface area contributed by atoms with Crippen LogP contribution in [-0.2, 0) is 0 Å². The lowest BCUT2D eigenvalue weighted by molar-refractivity contribution is -0.183. The van der Waals surface area contributed by atoms with Crippen molar-refractivity contribution in [2.45, 2.75) is 50.5 Å². The van der Waals surface area contributed by atoms with Gasteiger partial charge in [0.25, 0.3) is 0 Å². The maximum absolute atomic E-state index is 12.4. The summed E-state index contributed by atoms with van der Waals surface area (Å²) in [6.45, 7) is 0.223. The molecule has 1 fully saturated rings. The first kappa shape index (κ1) is 14.6. The number of rotatable bonds is 3. The molecule has 0 spiro atoms. The highest BCUT2D eigenvalue weighted by Gasteiger charge is 2.42. The van der Waals surface area contributed by atoms with E-state index in [0.29, 0.717) is 0 Å². The number of hydrogen-bond donors (Lipinski definition) is 1. The van der Waals surface area contributed by atoms with E-state index in [1.807, 2.05) is 0 Å². The summed E-state index contributed by atoms with van der Waals surface area (Å²) in [5, 5.41) is 2.84. The van der Waals surface area contributed by atoms with Crippen LogP contribution in [0.25, 0.3) is 0 Å². The Hall–Kier alpha value is -0.460. The summed E-state index contributed by atoms with van der Waals surface area (Å²) in [6.07, 6.45) is -9.46. The summed E-state index contributed by atoms with van der Waals surface area (Å²) in [4.78, 5) is 0. The third-order valence-electron chi connectivity index (χ3n) is 2.97. The van der Waals surface area contributed by atoms with Gasteiger partial charge >= 0.3 is 12.4 Å². The topological polar surface area (TPSA) is 12.0 Å². The lowest BCUT2D eigenvalue weighted by Crippen LogP contribution is -2.42. The second-order valence-electron chi connectivity index (χ2n) is 4.42. The Morgan fingerprint density at radius 2 is 1.71 bits per heavy atom. The molecule has 1 aliphatic rings. The van der Waals surface area contributed by atoms with Gasteiger partial charge < -0.3 is 5.32 Å². The SMILES string of the molecule is FC(F)(F)CCCC1CC(C(F)(F)F)CCN1. The molecular weight excluding hydrogens is 248 g/mol. The maximum Gasteiger partial charge on any atom is 0.391 e. The first-order chi connectivity index (χ1) is 7.68. The molecule has 0 aliphatic carbocycles. The summed E-state index contributed by atoms with van der Waals surface area (Å²) in [6, 6.07) is -0.447. The fourth-order valence-corrected chi connectivity index (χ4v) is 2.07. The molecule has 0 saturated carbocycles. The first-order valence-electron chi connectivity index (χ1n) is 5.55. The number of alkyl halides is 6. The van der Waals surface area contributed by atoms with E-state index in [1.165, 1.54) is 0 Å². The van der Waals surface area contributed by atoms with Crippen molar-refractivity contribution < 1.29 is 26.3 Å². The molecule has 1 nitrogen and oxygen atoms in total. The van der Waals surface area contributed by atoms with Crippen LogP contribution in [0, 0.1) is 5.92 Å². The van der Waals surface area contributed by atoms with E-state index in [0.717, 1.165) is 0 Å². The zero-order valence-corrected chi connectivity index (χ0v) is 9.17. The molecule has 0 aromatic carbocycles. The van der Waals surface area contributed by atoms with Crippen molar-refractivity contribution in [3.05, 3.63) is 0 Å². The van der Waals surface area contributed by atoms with Crippen molar-refractivity contribution in [1.29, 1.82) is 0 Å². The van der Waals surface area contributed by atoms with Crippen molar-refractivity contribution in [1.82, 2.24) is 5.32 Å². The average Bonchev–Trinajstić information content (AvgIpc) is 2.15. The highest BCUT2D eigenvalue weighted by Crippen LogP contribution is 2.35. The van der Waals surface area contributed by atoms with Gasteiger partial charge in [-0.05, 0) is 32.2 Å². The second kappa shape index (κ2) is 5.46. The highest BCUT2D eigenvalue weighted by molar-refractivity contribution is 4.82. The molecule has 7 heteroatoms. The number of halogens is 6. The lowest BCUT2D eigenvalue weighted by Gasteiger charge is -2.31. The Kier molecular flexibility index (Phi) is 4.69. The third kappa shape index (κ3) is 5.61. The molecule has 102 valence electrons. The molecule has 1 rings (SSSR count). The van der Waals surface area contributed by atoms with Gasteiger partial charge in [0.05, 0.1) is 5.92 Å². The summed E-state index contributed by atoms with van der Waals surface area (Å²) in [5.74, 6) is -1.38.